The van der Waals surface area contributed by atoms with Gasteiger partial charge in [0.1, 0.15) is 0 Å². The Morgan fingerprint density at radius 1 is 1.21 bits per heavy atom. The maximum absolute atomic E-state index is 12.6. The molecule has 1 heterocycles. The number of carboxylic acids is 1. The number of carbonyl (C=O) groups is 2. The fourth-order valence-corrected chi connectivity index (χ4v) is 3.86. The van der Waals surface area contributed by atoms with Crippen molar-refractivity contribution in [3.63, 3.8) is 0 Å². The van der Waals surface area contributed by atoms with Crippen LogP contribution in [-0.2, 0) is 15.8 Å². The quantitative estimate of drug-likeness (QED) is 0.288. The van der Waals surface area contributed by atoms with Gasteiger partial charge in [0.15, 0.2) is 0 Å². The van der Waals surface area contributed by atoms with Gasteiger partial charge in [0.2, 0.25) is 5.91 Å². The van der Waals surface area contributed by atoms with Gasteiger partial charge in [0.25, 0.3) is 0 Å². The first-order valence-corrected chi connectivity index (χ1v) is 9.94. The minimum Gasteiger partial charge on any atom is -0.788 e. The fourth-order valence-electron chi connectivity index (χ4n) is 2.46. The van der Waals surface area contributed by atoms with Gasteiger partial charge in [-0.05, 0) is 24.5 Å². The van der Waals surface area contributed by atoms with Crippen molar-refractivity contribution < 1.29 is 61.9 Å². The largest absolute Gasteiger partial charge is 1.00 e. The molecule has 0 fully saturated rings. The number of nitrogens with one attached hydrogen (secondary N) is 3. The maximum atomic E-state index is 12.6. The smallest absolute Gasteiger partial charge is 0.788 e. The molecule has 2 unspecified atom stereocenters. The van der Waals surface area contributed by atoms with Crippen LogP contribution in [0.25, 0.3) is 0 Å². The summed E-state index contributed by atoms with van der Waals surface area (Å²) in [5.74, 6) is -1.98. The molecule has 2 aromatic rings. The molecule has 0 aliphatic carbocycles. The Morgan fingerprint density at radius 3 is 2.39 bits per heavy atom. The SMILES string of the molecule is CCCP(=O)([O-])NC(Cc1ccccc1)C(=O)Nc1c[nH]c(C(=O)[O-])c1.[Li+].[Li+]. The number of carbonyl (C=O) groups excluding carboxylic acids is 2. The van der Waals surface area contributed by atoms with E-state index in [2.05, 4.69) is 15.4 Å². The molecule has 8 nitrogen and oxygen atoms in total. The van der Waals surface area contributed by atoms with E-state index >= 15 is 0 Å². The molecule has 2 rings (SSSR count). The van der Waals surface area contributed by atoms with Crippen LogP contribution in [0.5, 0.6) is 0 Å². The molecular weight excluding hydrogens is 371 g/mol. The second kappa shape index (κ2) is 12.4. The number of carboxylic acid groups (broad SMARTS) is 1. The van der Waals surface area contributed by atoms with E-state index < -0.39 is 25.4 Å². The molecule has 0 bridgehead atoms. The number of benzene rings is 1. The fraction of sp³-hybridized carbons (Fsp3) is 0.294. The Bertz CT molecular complexity index is 816. The van der Waals surface area contributed by atoms with E-state index in [1.807, 2.05) is 6.07 Å². The molecule has 0 saturated heterocycles. The summed E-state index contributed by atoms with van der Waals surface area (Å²) in [5.41, 5.74) is 0.819. The van der Waals surface area contributed by atoms with Gasteiger partial charge < -0.3 is 29.7 Å². The second-order valence-electron chi connectivity index (χ2n) is 5.85. The van der Waals surface area contributed by atoms with Crippen LogP contribution in [-0.4, -0.2) is 29.1 Å². The van der Waals surface area contributed by atoms with Gasteiger partial charge in [-0.1, -0.05) is 37.3 Å². The minimum atomic E-state index is -3.93. The van der Waals surface area contributed by atoms with Crippen molar-refractivity contribution in [2.45, 2.75) is 25.8 Å². The molecule has 0 aliphatic heterocycles. The standard InChI is InChI=1S/C17H22N3O5P.2Li/c1-2-8-26(24,25)20-14(9-12-6-4-3-5-7-12)16(21)19-13-10-15(17(22)23)18-11-13;;/h3-7,10-11,14,18H,2,8-9H2,1H3,(H,19,21)(H,22,23)(H2,20,24,25);;/q;2*+1/p-2. The number of aromatic carboxylic acids is 1. The van der Waals surface area contributed by atoms with Gasteiger partial charge in [-0.15, -0.1) is 0 Å². The van der Waals surface area contributed by atoms with E-state index in [1.165, 1.54) is 12.3 Å². The summed E-state index contributed by atoms with van der Waals surface area (Å²) in [6.07, 6.45) is 1.83. The number of aromatic amines is 1. The van der Waals surface area contributed by atoms with E-state index in [0.717, 1.165) is 5.56 Å². The molecule has 3 N–H and O–H groups in total. The number of H-pyrrole nitrogens is 1. The van der Waals surface area contributed by atoms with Crippen LogP contribution in [0, 0.1) is 0 Å². The Balaban J connectivity index is 0.00000364. The third-order valence-electron chi connectivity index (χ3n) is 3.64. The first-order chi connectivity index (χ1) is 12.3. The molecular formula is C17H20Li2N3O5P. The molecule has 140 valence electrons. The molecule has 11 heteroatoms. The van der Waals surface area contributed by atoms with Gasteiger partial charge in [-0.2, -0.15) is 0 Å². The summed E-state index contributed by atoms with van der Waals surface area (Å²) in [4.78, 5) is 37.9. The average molecular weight is 391 g/mol. The van der Waals surface area contributed by atoms with Crippen molar-refractivity contribution in [3.05, 3.63) is 53.9 Å². The normalized spacial score (nSPS) is 13.4. The molecule has 28 heavy (non-hydrogen) atoms. The molecule has 1 amide bonds. The molecule has 0 saturated carbocycles. The second-order valence-corrected chi connectivity index (χ2v) is 7.90. The Hall–Kier alpha value is -1.22. The number of amides is 1. The van der Waals surface area contributed by atoms with Crippen molar-refractivity contribution in [1.82, 2.24) is 10.1 Å². The molecule has 1 aromatic carbocycles. The van der Waals surface area contributed by atoms with Gasteiger partial charge in [-0.3, -0.25) is 9.88 Å². The summed E-state index contributed by atoms with van der Waals surface area (Å²) in [5, 5.41) is 15.7. The number of rotatable bonds is 9. The van der Waals surface area contributed by atoms with Gasteiger partial charge >= 0.3 is 37.7 Å². The predicted octanol–water partition coefficient (Wildman–Crippen LogP) is -5.51. The monoisotopic (exact) mass is 391 g/mol. The Morgan fingerprint density at radius 2 is 1.86 bits per heavy atom. The zero-order valence-electron chi connectivity index (χ0n) is 16.2. The number of aromatic nitrogens is 1. The van der Waals surface area contributed by atoms with Crippen molar-refractivity contribution >= 4 is 25.1 Å². The van der Waals surface area contributed by atoms with Crippen LogP contribution in [0.3, 0.4) is 0 Å². The van der Waals surface area contributed by atoms with Crippen molar-refractivity contribution in [3.8, 4) is 0 Å². The molecule has 1 aromatic heterocycles. The number of anilines is 1. The van der Waals surface area contributed by atoms with Crippen molar-refractivity contribution in [1.29, 1.82) is 0 Å². The predicted molar refractivity (Wildman–Crippen MR) is 93.6 cm³/mol. The van der Waals surface area contributed by atoms with Crippen LogP contribution in [0.15, 0.2) is 42.6 Å². The summed E-state index contributed by atoms with van der Waals surface area (Å²) in [7, 11) is -3.93. The van der Waals surface area contributed by atoms with Crippen LogP contribution >= 0.6 is 7.52 Å². The molecule has 0 aliphatic rings. The van der Waals surface area contributed by atoms with E-state index in [9.17, 15) is 24.2 Å². The Kier molecular flexibility index (Phi) is 11.8. The third-order valence-corrected chi connectivity index (χ3v) is 5.38. The van der Waals surface area contributed by atoms with Gasteiger partial charge in [-0.25, -0.2) is 0 Å². The third kappa shape index (κ3) is 8.43. The maximum Gasteiger partial charge on any atom is 1.00 e. The summed E-state index contributed by atoms with van der Waals surface area (Å²) in [6.45, 7) is 1.74. The number of hydrogen-bond acceptors (Lipinski definition) is 5. The topological polar surface area (TPSA) is 137 Å². The van der Waals surface area contributed by atoms with E-state index in [1.54, 1.807) is 31.2 Å². The van der Waals surface area contributed by atoms with Crippen LogP contribution in [0.2, 0.25) is 0 Å². The minimum absolute atomic E-state index is 0. The molecule has 0 spiro atoms. The zero-order valence-corrected chi connectivity index (χ0v) is 17.1. The van der Waals surface area contributed by atoms with Crippen molar-refractivity contribution in [2.75, 3.05) is 11.5 Å². The summed E-state index contributed by atoms with van der Waals surface area (Å²) in [6, 6.07) is 9.19. The zero-order chi connectivity index (χ0) is 19.2. The van der Waals surface area contributed by atoms with Crippen LogP contribution < -0.4 is 58.1 Å². The van der Waals surface area contributed by atoms with E-state index in [-0.39, 0.29) is 61.7 Å². The first-order valence-electron chi connectivity index (χ1n) is 8.13. The van der Waals surface area contributed by atoms with Gasteiger partial charge in [0, 0.05) is 12.4 Å². The van der Waals surface area contributed by atoms with Crippen molar-refractivity contribution in [2.24, 2.45) is 0 Å². The average Bonchev–Trinajstić information content (AvgIpc) is 3.03. The molecule has 2 atom stereocenters. The number of hydrogen-bond donors (Lipinski definition) is 3. The van der Waals surface area contributed by atoms with Gasteiger partial charge in [0.05, 0.1) is 30.9 Å². The Labute approximate surface area is 187 Å². The summed E-state index contributed by atoms with van der Waals surface area (Å²) >= 11 is 0. The van der Waals surface area contributed by atoms with Crippen LogP contribution in [0.4, 0.5) is 5.69 Å². The van der Waals surface area contributed by atoms with E-state index in [0.29, 0.717) is 6.42 Å². The molecule has 0 radical (unpaired) electrons. The van der Waals surface area contributed by atoms with Crippen LogP contribution in [0.1, 0.15) is 29.4 Å². The first kappa shape index (κ1) is 26.8. The summed E-state index contributed by atoms with van der Waals surface area (Å²) < 4.78 is 12.1. The van der Waals surface area contributed by atoms with E-state index in [4.69, 9.17) is 0 Å².